The summed E-state index contributed by atoms with van der Waals surface area (Å²) >= 11 is 0. The quantitative estimate of drug-likeness (QED) is 0.713. The van der Waals surface area contributed by atoms with Crippen LogP contribution in [0.15, 0.2) is 48.7 Å². The third-order valence-electron chi connectivity index (χ3n) is 4.08. The molecule has 132 valence electrons. The Hall–Kier alpha value is -3.90. The second-order valence-electron chi connectivity index (χ2n) is 6.12. The Balaban J connectivity index is 1.72. The van der Waals surface area contributed by atoms with Crippen LogP contribution < -0.4 is 10.6 Å². The van der Waals surface area contributed by atoms with Crippen LogP contribution in [-0.4, -0.2) is 9.97 Å². The molecule has 1 heterocycles. The molecule has 0 bridgehead atoms. The molecule has 2 aromatic carbocycles. The predicted octanol–water partition coefficient (Wildman–Crippen LogP) is 4.19. The van der Waals surface area contributed by atoms with E-state index in [0.717, 1.165) is 22.5 Å². The number of hydrogen-bond acceptors (Lipinski definition) is 6. The van der Waals surface area contributed by atoms with E-state index in [9.17, 15) is 0 Å². The molecule has 0 unspecified atom stereocenters. The zero-order valence-electron chi connectivity index (χ0n) is 15.1. The lowest BCUT2D eigenvalue weighted by Crippen LogP contribution is -2.06. The first-order valence-corrected chi connectivity index (χ1v) is 8.43. The molecule has 0 spiro atoms. The van der Waals surface area contributed by atoms with E-state index in [1.807, 2.05) is 44.2 Å². The predicted molar refractivity (Wildman–Crippen MR) is 104 cm³/mol. The van der Waals surface area contributed by atoms with Gasteiger partial charge in [0.25, 0.3) is 0 Å². The molecule has 0 amide bonds. The number of rotatable bonds is 5. The van der Waals surface area contributed by atoms with E-state index >= 15 is 0 Å². The summed E-state index contributed by atoms with van der Waals surface area (Å²) in [5.41, 5.74) is 5.08. The molecule has 0 fully saturated rings. The molecule has 3 rings (SSSR count). The lowest BCUT2D eigenvalue weighted by Gasteiger charge is -2.13. The van der Waals surface area contributed by atoms with Crippen LogP contribution >= 0.6 is 0 Å². The second kappa shape index (κ2) is 7.99. The lowest BCUT2D eigenvalue weighted by atomic mass is 10.0. The molecule has 1 aromatic heterocycles. The molecule has 0 saturated heterocycles. The van der Waals surface area contributed by atoms with Gasteiger partial charge in [-0.3, -0.25) is 0 Å². The van der Waals surface area contributed by atoms with E-state index in [4.69, 9.17) is 10.5 Å². The summed E-state index contributed by atoms with van der Waals surface area (Å²) in [6.45, 7) is 4.39. The molecule has 0 aliphatic heterocycles. The molecule has 0 radical (unpaired) electrons. The number of nitrogens with zero attached hydrogens (tertiary/aromatic N) is 4. The van der Waals surface area contributed by atoms with Crippen molar-refractivity contribution in [1.29, 1.82) is 10.5 Å². The Morgan fingerprint density at radius 1 is 0.926 bits per heavy atom. The van der Waals surface area contributed by atoms with E-state index in [2.05, 4.69) is 32.7 Å². The molecule has 27 heavy (non-hydrogen) atoms. The van der Waals surface area contributed by atoms with Gasteiger partial charge in [-0.1, -0.05) is 0 Å². The van der Waals surface area contributed by atoms with Crippen molar-refractivity contribution < 1.29 is 0 Å². The fourth-order valence-electron chi connectivity index (χ4n) is 2.75. The Kier molecular flexibility index (Phi) is 5.30. The van der Waals surface area contributed by atoms with Crippen molar-refractivity contribution in [1.82, 2.24) is 9.97 Å². The van der Waals surface area contributed by atoms with Crippen molar-refractivity contribution in [2.45, 2.75) is 20.4 Å². The summed E-state index contributed by atoms with van der Waals surface area (Å²) < 4.78 is 0. The Morgan fingerprint density at radius 2 is 1.59 bits per heavy atom. The highest BCUT2D eigenvalue weighted by Gasteiger charge is 2.07. The highest BCUT2D eigenvalue weighted by molar-refractivity contribution is 5.66. The molecule has 3 aromatic rings. The van der Waals surface area contributed by atoms with Gasteiger partial charge in [-0.2, -0.15) is 10.5 Å². The first kappa shape index (κ1) is 17.9. The summed E-state index contributed by atoms with van der Waals surface area (Å²) in [4.78, 5) is 8.83. The van der Waals surface area contributed by atoms with Crippen LogP contribution in [0.5, 0.6) is 0 Å². The maximum atomic E-state index is 9.07. The average Bonchev–Trinajstić information content (AvgIpc) is 2.69. The van der Waals surface area contributed by atoms with Crippen LogP contribution in [0.3, 0.4) is 0 Å². The van der Waals surface area contributed by atoms with Gasteiger partial charge in [-0.05, 0) is 67.4 Å². The number of benzene rings is 2. The van der Waals surface area contributed by atoms with Crippen molar-refractivity contribution in [3.63, 3.8) is 0 Å². The molecule has 6 nitrogen and oxygen atoms in total. The van der Waals surface area contributed by atoms with Gasteiger partial charge in [0.05, 0.1) is 29.8 Å². The smallest absolute Gasteiger partial charge is 0.149 e. The van der Waals surface area contributed by atoms with Gasteiger partial charge < -0.3 is 10.6 Å². The maximum Gasteiger partial charge on any atom is 0.149 e. The highest BCUT2D eigenvalue weighted by atomic mass is 15.1. The van der Waals surface area contributed by atoms with Gasteiger partial charge in [-0.15, -0.1) is 0 Å². The fourth-order valence-corrected chi connectivity index (χ4v) is 2.75. The summed E-state index contributed by atoms with van der Waals surface area (Å²) in [5.74, 6) is 1.34. The number of anilines is 3. The van der Waals surface area contributed by atoms with E-state index < -0.39 is 0 Å². The summed E-state index contributed by atoms with van der Waals surface area (Å²) in [7, 11) is 0. The third kappa shape index (κ3) is 4.39. The number of aromatic nitrogens is 2. The van der Waals surface area contributed by atoms with Crippen molar-refractivity contribution >= 4 is 17.2 Å². The summed E-state index contributed by atoms with van der Waals surface area (Å²) in [6.07, 6.45) is 1.71. The molecule has 6 heteroatoms. The number of nitriles is 2. The monoisotopic (exact) mass is 354 g/mol. The SMILES string of the molecule is Cc1cc(C#N)cc(C)c1Nc1ccnc(CNc2ccc(C#N)cc2)n1. The largest absolute Gasteiger partial charge is 0.378 e. The molecule has 0 saturated carbocycles. The summed E-state index contributed by atoms with van der Waals surface area (Å²) in [5, 5.41) is 24.5. The molecule has 0 aliphatic rings. The third-order valence-corrected chi connectivity index (χ3v) is 4.08. The zero-order chi connectivity index (χ0) is 19.2. The molecule has 0 atom stereocenters. The van der Waals surface area contributed by atoms with Gasteiger partial charge in [0.1, 0.15) is 11.6 Å². The average molecular weight is 354 g/mol. The second-order valence-corrected chi connectivity index (χ2v) is 6.12. The number of hydrogen-bond donors (Lipinski definition) is 2. The van der Waals surface area contributed by atoms with E-state index in [0.29, 0.717) is 29.3 Å². The standard InChI is InChI=1S/C21H18N6/c1-14-9-17(12-23)10-15(2)21(14)27-19-7-8-24-20(26-19)13-25-18-5-3-16(11-22)4-6-18/h3-10,25H,13H2,1-2H3,(H,24,26,27). The molecular formula is C21H18N6. The minimum atomic E-state index is 0.465. The van der Waals surface area contributed by atoms with Gasteiger partial charge in [-0.25, -0.2) is 9.97 Å². The maximum absolute atomic E-state index is 9.07. The topological polar surface area (TPSA) is 97.4 Å². The molecule has 2 N–H and O–H groups in total. The minimum Gasteiger partial charge on any atom is -0.378 e. The van der Waals surface area contributed by atoms with Crippen LogP contribution in [0.4, 0.5) is 17.2 Å². The minimum absolute atomic E-state index is 0.465. The normalized spacial score (nSPS) is 9.93. The molecular weight excluding hydrogens is 336 g/mol. The van der Waals surface area contributed by atoms with Crippen molar-refractivity contribution in [3.8, 4) is 12.1 Å². The van der Waals surface area contributed by atoms with Gasteiger partial charge in [0.15, 0.2) is 0 Å². The zero-order valence-corrected chi connectivity index (χ0v) is 15.1. The van der Waals surface area contributed by atoms with Crippen molar-refractivity contribution in [3.05, 3.63) is 76.7 Å². The number of aryl methyl sites for hydroxylation is 2. The van der Waals surface area contributed by atoms with Crippen LogP contribution in [0.2, 0.25) is 0 Å². The first-order chi connectivity index (χ1) is 13.1. The van der Waals surface area contributed by atoms with Crippen LogP contribution in [0.1, 0.15) is 28.1 Å². The van der Waals surface area contributed by atoms with Crippen LogP contribution in [-0.2, 0) is 6.54 Å². The Labute approximate surface area is 158 Å². The Morgan fingerprint density at radius 3 is 2.22 bits per heavy atom. The van der Waals surface area contributed by atoms with Gasteiger partial charge in [0.2, 0.25) is 0 Å². The van der Waals surface area contributed by atoms with Gasteiger partial charge >= 0.3 is 0 Å². The van der Waals surface area contributed by atoms with Crippen LogP contribution in [0, 0.1) is 36.5 Å². The Bertz CT molecular complexity index is 1020. The fraction of sp³-hybridized carbons (Fsp3) is 0.143. The van der Waals surface area contributed by atoms with E-state index in [1.165, 1.54) is 0 Å². The highest BCUT2D eigenvalue weighted by Crippen LogP contribution is 2.25. The van der Waals surface area contributed by atoms with Crippen molar-refractivity contribution in [2.24, 2.45) is 0 Å². The van der Waals surface area contributed by atoms with Crippen LogP contribution in [0.25, 0.3) is 0 Å². The first-order valence-electron chi connectivity index (χ1n) is 8.43. The summed E-state index contributed by atoms with van der Waals surface area (Å²) in [6, 6.07) is 17.0. The number of nitrogens with one attached hydrogen (secondary N) is 2. The lowest BCUT2D eigenvalue weighted by molar-refractivity contribution is 0.951. The van der Waals surface area contributed by atoms with Crippen molar-refractivity contribution in [2.75, 3.05) is 10.6 Å². The van der Waals surface area contributed by atoms with E-state index in [1.54, 1.807) is 18.3 Å². The van der Waals surface area contributed by atoms with Gasteiger partial charge in [0, 0.05) is 17.6 Å². The van der Waals surface area contributed by atoms with E-state index in [-0.39, 0.29) is 0 Å². The molecule has 0 aliphatic carbocycles.